The molecule has 1 amide bonds. The van der Waals surface area contributed by atoms with Gasteiger partial charge >= 0.3 is 0 Å². The summed E-state index contributed by atoms with van der Waals surface area (Å²) < 4.78 is 37.6. The van der Waals surface area contributed by atoms with E-state index in [0.717, 1.165) is 24.7 Å². The van der Waals surface area contributed by atoms with Crippen molar-refractivity contribution in [3.05, 3.63) is 65.5 Å². The van der Waals surface area contributed by atoms with Gasteiger partial charge in [0.15, 0.2) is 0 Å². The maximum Gasteiger partial charge on any atom is 0.251 e. The van der Waals surface area contributed by atoms with Gasteiger partial charge in [0.2, 0.25) is 10.0 Å². The van der Waals surface area contributed by atoms with E-state index in [-0.39, 0.29) is 11.7 Å². The van der Waals surface area contributed by atoms with Crippen LogP contribution < -0.4 is 9.62 Å². The van der Waals surface area contributed by atoms with Gasteiger partial charge in [-0.05, 0) is 61.7 Å². The van der Waals surface area contributed by atoms with Crippen molar-refractivity contribution in [2.75, 3.05) is 23.7 Å². The molecule has 0 heterocycles. The Kier molecular flexibility index (Phi) is 6.74. The molecule has 7 heteroatoms. The van der Waals surface area contributed by atoms with Crippen LogP contribution in [0.1, 0.15) is 29.3 Å². The van der Waals surface area contributed by atoms with Crippen molar-refractivity contribution in [2.24, 2.45) is 0 Å². The van der Waals surface area contributed by atoms with Crippen molar-refractivity contribution < 1.29 is 17.6 Å². The quantitative estimate of drug-likeness (QED) is 0.718. The fourth-order valence-electron chi connectivity index (χ4n) is 2.64. The number of nitrogens with one attached hydrogen (secondary N) is 1. The molecule has 0 saturated carbocycles. The van der Waals surface area contributed by atoms with E-state index in [2.05, 4.69) is 5.32 Å². The Morgan fingerprint density at radius 3 is 2.23 bits per heavy atom. The number of anilines is 1. The molecule has 0 aliphatic rings. The number of carbonyl (C=O) groups is 1. The van der Waals surface area contributed by atoms with Crippen LogP contribution in [-0.4, -0.2) is 33.7 Å². The number of benzene rings is 2. The number of hydrogen-bond donors (Lipinski definition) is 1. The molecule has 0 spiro atoms. The zero-order chi connectivity index (χ0) is 19.2. The molecule has 5 nitrogen and oxygen atoms in total. The molecule has 0 radical (unpaired) electrons. The molecular weight excluding hydrogens is 355 g/mol. The van der Waals surface area contributed by atoms with Crippen molar-refractivity contribution in [1.29, 1.82) is 0 Å². The van der Waals surface area contributed by atoms with Crippen molar-refractivity contribution in [3.63, 3.8) is 0 Å². The number of rotatable bonds is 8. The van der Waals surface area contributed by atoms with Gasteiger partial charge in [-0.1, -0.05) is 12.1 Å². The maximum absolute atomic E-state index is 12.8. The SMILES string of the molecule is CCN(c1ccc(C(=O)NCCCc2ccc(F)cc2)cc1)S(C)(=O)=O. The second-order valence-electron chi connectivity index (χ2n) is 5.96. The van der Waals surface area contributed by atoms with Gasteiger partial charge in [0.1, 0.15) is 5.82 Å². The van der Waals surface area contributed by atoms with Crippen LogP contribution in [-0.2, 0) is 16.4 Å². The number of nitrogens with zero attached hydrogens (tertiary/aromatic N) is 1. The van der Waals surface area contributed by atoms with E-state index in [9.17, 15) is 17.6 Å². The average Bonchev–Trinajstić information content (AvgIpc) is 2.60. The molecule has 0 fully saturated rings. The summed E-state index contributed by atoms with van der Waals surface area (Å²) in [5.41, 5.74) is 2.02. The zero-order valence-corrected chi connectivity index (χ0v) is 15.7. The number of amides is 1. The minimum absolute atomic E-state index is 0.210. The predicted octanol–water partition coefficient (Wildman–Crippen LogP) is 2.97. The van der Waals surface area contributed by atoms with Gasteiger partial charge < -0.3 is 5.32 Å². The molecule has 2 rings (SSSR count). The van der Waals surface area contributed by atoms with Crippen molar-refractivity contribution in [3.8, 4) is 0 Å². The van der Waals surface area contributed by atoms with E-state index in [1.54, 1.807) is 43.3 Å². The smallest absolute Gasteiger partial charge is 0.251 e. The third-order valence-corrected chi connectivity index (χ3v) is 5.22. The molecule has 0 aromatic heterocycles. The molecule has 0 saturated heterocycles. The number of halogens is 1. The van der Waals surface area contributed by atoms with E-state index in [0.29, 0.717) is 24.3 Å². The van der Waals surface area contributed by atoms with Crippen LogP contribution in [0.2, 0.25) is 0 Å². The Morgan fingerprint density at radius 2 is 1.69 bits per heavy atom. The maximum atomic E-state index is 12.8. The lowest BCUT2D eigenvalue weighted by Crippen LogP contribution is -2.29. The standard InChI is InChI=1S/C19H23FN2O3S/c1-3-22(26(2,24)25)18-12-8-16(9-13-18)19(23)21-14-4-5-15-6-10-17(20)11-7-15/h6-13H,3-5,14H2,1-2H3,(H,21,23). The first-order valence-corrected chi connectivity index (χ1v) is 10.3. The first-order valence-electron chi connectivity index (χ1n) is 8.41. The van der Waals surface area contributed by atoms with Gasteiger partial charge in [-0.2, -0.15) is 0 Å². The van der Waals surface area contributed by atoms with Crippen LogP contribution in [0, 0.1) is 5.82 Å². The summed E-state index contributed by atoms with van der Waals surface area (Å²) >= 11 is 0. The summed E-state index contributed by atoms with van der Waals surface area (Å²) in [5, 5.41) is 2.83. The Morgan fingerprint density at radius 1 is 1.08 bits per heavy atom. The Hall–Kier alpha value is -2.41. The van der Waals surface area contributed by atoms with Crippen molar-refractivity contribution in [2.45, 2.75) is 19.8 Å². The van der Waals surface area contributed by atoms with E-state index in [1.165, 1.54) is 16.4 Å². The van der Waals surface area contributed by atoms with E-state index in [4.69, 9.17) is 0 Å². The Bertz CT molecular complexity index is 834. The van der Waals surface area contributed by atoms with Gasteiger partial charge in [0.25, 0.3) is 5.91 Å². The Balaban J connectivity index is 1.86. The van der Waals surface area contributed by atoms with Gasteiger partial charge in [-0.3, -0.25) is 9.10 Å². The summed E-state index contributed by atoms with van der Waals surface area (Å²) in [6.45, 7) is 2.58. The molecule has 2 aromatic carbocycles. The van der Waals surface area contributed by atoms with Crippen LogP contribution in [0.25, 0.3) is 0 Å². The van der Waals surface area contributed by atoms with Gasteiger partial charge in [-0.25, -0.2) is 12.8 Å². The van der Waals surface area contributed by atoms with Crippen LogP contribution in [0.5, 0.6) is 0 Å². The molecule has 0 unspecified atom stereocenters. The number of hydrogen-bond acceptors (Lipinski definition) is 3. The fourth-order valence-corrected chi connectivity index (χ4v) is 3.61. The highest BCUT2D eigenvalue weighted by Gasteiger charge is 2.15. The average molecular weight is 378 g/mol. The van der Waals surface area contributed by atoms with Gasteiger partial charge in [0.05, 0.1) is 11.9 Å². The predicted molar refractivity (Wildman–Crippen MR) is 101 cm³/mol. The fraction of sp³-hybridized carbons (Fsp3) is 0.316. The summed E-state index contributed by atoms with van der Waals surface area (Å²) in [7, 11) is -3.34. The summed E-state index contributed by atoms with van der Waals surface area (Å²) in [6.07, 6.45) is 2.64. The molecule has 0 bridgehead atoms. The second-order valence-corrected chi connectivity index (χ2v) is 7.87. The largest absolute Gasteiger partial charge is 0.352 e. The third kappa shape index (κ3) is 5.56. The minimum atomic E-state index is -3.34. The van der Waals surface area contributed by atoms with E-state index in [1.807, 2.05) is 0 Å². The lowest BCUT2D eigenvalue weighted by molar-refractivity contribution is 0.0953. The highest BCUT2D eigenvalue weighted by atomic mass is 32.2. The van der Waals surface area contributed by atoms with E-state index < -0.39 is 10.0 Å². The van der Waals surface area contributed by atoms with Crippen LogP contribution in [0.15, 0.2) is 48.5 Å². The highest BCUT2D eigenvalue weighted by Crippen LogP contribution is 2.18. The monoisotopic (exact) mass is 378 g/mol. The topological polar surface area (TPSA) is 66.5 Å². The second kappa shape index (κ2) is 8.80. The van der Waals surface area contributed by atoms with Crippen molar-refractivity contribution >= 4 is 21.6 Å². The molecule has 0 aliphatic heterocycles. The summed E-state index contributed by atoms with van der Waals surface area (Å²) in [4.78, 5) is 12.2. The van der Waals surface area contributed by atoms with Crippen LogP contribution in [0.3, 0.4) is 0 Å². The van der Waals surface area contributed by atoms with E-state index >= 15 is 0 Å². The molecular formula is C19H23FN2O3S. The Labute approximate surface area is 153 Å². The third-order valence-electron chi connectivity index (χ3n) is 3.95. The lowest BCUT2D eigenvalue weighted by atomic mass is 10.1. The van der Waals surface area contributed by atoms with Gasteiger partial charge in [-0.15, -0.1) is 0 Å². The lowest BCUT2D eigenvalue weighted by Gasteiger charge is -2.20. The minimum Gasteiger partial charge on any atom is -0.352 e. The first kappa shape index (κ1) is 19.9. The van der Waals surface area contributed by atoms with Crippen LogP contribution >= 0.6 is 0 Å². The first-order chi connectivity index (χ1) is 12.3. The highest BCUT2D eigenvalue weighted by molar-refractivity contribution is 7.92. The summed E-state index contributed by atoms with van der Waals surface area (Å²) in [6, 6.07) is 12.8. The molecule has 0 aliphatic carbocycles. The normalized spacial score (nSPS) is 11.2. The van der Waals surface area contributed by atoms with Crippen LogP contribution in [0.4, 0.5) is 10.1 Å². The zero-order valence-electron chi connectivity index (χ0n) is 14.9. The molecule has 1 N–H and O–H groups in total. The number of sulfonamides is 1. The summed E-state index contributed by atoms with van der Waals surface area (Å²) in [5.74, 6) is -0.471. The number of aryl methyl sites for hydroxylation is 1. The number of carbonyl (C=O) groups excluding carboxylic acids is 1. The molecule has 0 atom stereocenters. The van der Waals surface area contributed by atoms with Gasteiger partial charge in [0, 0.05) is 18.7 Å². The van der Waals surface area contributed by atoms with Crippen molar-refractivity contribution in [1.82, 2.24) is 5.32 Å². The molecule has 26 heavy (non-hydrogen) atoms. The molecule has 140 valence electrons. The molecule has 2 aromatic rings.